The highest BCUT2D eigenvalue weighted by atomic mass is 16.4. The molecule has 1 heterocycles. The topological polar surface area (TPSA) is 120 Å². The number of amides is 2. The van der Waals surface area contributed by atoms with Crippen molar-refractivity contribution in [1.29, 1.82) is 0 Å². The van der Waals surface area contributed by atoms with Crippen LogP contribution in [0.3, 0.4) is 0 Å². The average Bonchev–Trinajstić information content (AvgIpc) is 2.28. The van der Waals surface area contributed by atoms with Gasteiger partial charge in [-0.05, 0) is 12.1 Å². The Kier molecular flexibility index (Phi) is 4.61. The van der Waals surface area contributed by atoms with E-state index in [0.29, 0.717) is 4.90 Å². The number of carbonyl (C=O) groups excluding carboxylic acids is 1. The summed E-state index contributed by atoms with van der Waals surface area (Å²) in [5.41, 5.74) is 0. The van der Waals surface area contributed by atoms with Gasteiger partial charge in [0.05, 0.1) is 0 Å². The Morgan fingerprint density at radius 3 is 2.22 bits per heavy atom. The number of aromatic nitrogens is 1. The van der Waals surface area contributed by atoms with Gasteiger partial charge in [-0.2, -0.15) is 0 Å². The lowest BCUT2D eigenvalue weighted by Crippen LogP contribution is -2.42. The minimum absolute atomic E-state index is 0.211. The zero-order valence-corrected chi connectivity index (χ0v) is 9.24. The van der Waals surface area contributed by atoms with Gasteiger partial charge in [0.15, 0.2) is 0 Å². The Bertz CT molecular complexity index is 432. The number of carboxylic acids is 2. The van der Waals surface area contributed by atoms with Gasteiger partial charge in [-0.3, -0.25) is 14.9 Å². The molecule has 8 heteroatoms. The van der Waals surface area contributed by atoms with Gasteiger partial charge in [0.25, 0.3) is 0 Å². The van der Waals surface area contributed by atoms with Crippen LogP contribution in [0.2, 0.25) is 0 Å². The third-order valence-electron chi connectivity index (χ3n) is 1.84. The number of pyridine rings is 1. The lowest BCUT2D eigenvalue weighted by atomic mass is 10.4. The van der Waals surface area contributed by atoms with E-state index in [1.165, 1.54) is 12.3 Å². The molecule has 1 rings (SSSR count). The summed E-state index contributed by atoms with van der Waals surface area (Å²) < 4.78 is 0. The maximum Gasteiger partial charge on any atom is 0.324 e. The Balaban J connectivity index is 2.69. The van der Waals surface area contributed by atoms with E-state index in [1.807, 2.05) is 0 Å². The molecule has 0 unspecified atom stereocenters. The minimum Gasteiger partial charge on any atom is -0.480 e. The molecule has 0 saturated heterocycles. The molecule has 0 bridgehead atoms. The summed E-state index contributed by atoms with van der Waals surface area (Å²) in [5, 5.41) is 19.5. The molecule has 0 aliphatic rings. The second-order valence-corrected chi connectivity index (χ2v) is 3.29. The smallest absolute Gasteiger partial charge is 0.324 e. The average molecular weight is 253 g/mol. The van der Waals surface area contributed by atoms with E-state index in [2.05, 4.69) is 10.3 Å². The summed E-state index contributed by atoms with van der Waals surface area (Å²) >= 11 is 0. The molecule has 0 radical (unpaired) electrons. The molecule has 0 aliphatic carbocycles. The number of nitrogens with one attached hydrogen (secondary N) is 1. The summed E-state index contributed by atoms with van der Waals surface area (Å²) in [6.07, 6.45) is 1.44. The quantitative estimate of drug-likeness (QED) is 0.683. The van der Waals surface area contributed by atoms with E-state index in [9.17, 15) is 14.4 Å². The second-order valence-electron chi connectivity index (χ2n) is 3.29. The highest BCUT2D eigenvalue weighted by molar-refractivity contribution is 5.92. The number of carboxylic acid groups (broad SMARTS) is 2. The van der Waals surface area contributed by atoms with Crippen LogP contribution >= 0.6 is 0 Å². The molecule has 0 aliphatic heterocycles. The predicted molar refractivity (Wildman–Crippen MR) is 60.1 cm³/mol. The number of rotatable bonds is 5. The van der Waals surface area contributed by atoms with Gasteiger partial charge in [0.2, 0.25) is 0 Å². The van der Waals surface area contributed by atoms with E-state index in [0.717, 1.165) is 0 Å². The molecule has 0 aromatic carbocycles. The number of anilines is 1. The molecule has 18 heavy (non-hydrogen) atoms. The van der Waals surface area contributed by atoms with Gasteiger partial charge in [-0.15, -0.1) is 0 Å². The van der Waals surface area contributed by atoms with Gasteiger partial charge in [0, 0.05) is 6.20 Å². The zero-order valence-electron chi connectivity index (χ0n) is 9.24. The van der Waals surface area contributed by atoms with Crippen LogP contribution in [0, 0.1) is 0 Å². The van der Waals surface area contributed by atoms with Gasteiger partial charge in [-0.1, -0.05) is 6.07 Å². The van der Waals surface area contributed by atoms with Crippen molar-refractivity contribution in [3.8, 4) is 0 Å². The maximum atomic E-state index is 11.6. The maximum absolute atomic E-state index is 11.6. The van der Waals surface area contributed by atoms with Crippen molar-refractivity contribution in [1.82, 2.24) is 9.88 Å². The third kappa shape index (κ3) is 4.47. The lowest BCUT2D eigenvalue weighted by Gasteiger charge is -2.18. The minimum atomic E-state index is -1.30. The number of hydrogen-bond acceptors (Lipinski definition) is 4. The highest BCUT2D eigenvalue weighted by Crippen LogP contribution is 2.02. The van der Waals surface area contributed by atoms with Crippen molar-refractivity contribution in [2.24, 2.45) is 0 Å². The van der Waals surface area contributed by atoms with Crippen molar-refractivity contribution in [2.75, 3.05) is 18.4 Å². The van der Waals surface area contributed by atoms with Crippen LogP contribution in [0.4, 0.5) is 10.6 Å². The highest BCUT2D eigenvalue weighted by Gasteiger charge is 2.19. The SMILES string of the molecule is O=C(O)CN(CC(=O)O)C(=O)Nc1ccccn1. The van der Waals surface area contributed by atoms with Crippen LogP contribution in [0.25, 0.3) is 0 Å². The summed E-state index contributed by atoms with van der Waals surface area (Å²) in [4.78, 5) is 37.1. The Morgan fingerprint density at radius 2 is 1.78 bits per heavy atom. The summed E-state index contributed by atoms with van der Waals surface area (Å²) in [6, 6.07) is 3.93. The first kappa shape index (κ1) is 13.4. The largest absolute Gasteiger partial charge is 0.480 e. The molecule has 0 atom stereocenters. The van der Waals surface area contributed by atoms with E-state index >= 15 is 0 Å². The fraction of sp³-hybridized carbons (Fsp3) is 0.200. The molecule has 2 amide bonds. The molecule has 1 aromatic heterocycles. The van der Waals surface area contributed by atoms with Crippen molar-refractivity contribution in [3.05, 3.63) is 24.4 Å². The Morgan fingerprint density at radius 1 is 1.17 bits per heavy atom. The number of carbonyl (C=O) groups is 3. The van der Waals surface area contributed by atoms with Crippen LogP contribution < -0.4 is 5.32 Å². The van der Waals surface area contributed by atoms with Crippen molar-refractivity contribution in [3.63, 3.8) is 0 Å². The monoisotopic (exact) mass is 253 g/mol. The Hall–Kier alpha value is -2.64. The summed E-state index contributed by atoms with van der Waals surface area (Å²) in [6.45, 7) is -1.41. The van der Waals surface area contributed by atoms with Gasteiger partial charge in [0.1, 0.15) is 18.9 Å². The number of urea groups is 1. The molecule has 96 valence electrons. The molecule has 0 saturated carbocycles. The molecule has 0 fully saturated rings. The van der Waals surface area contributed by atoms with Crippen LogP contribution in [0.5, 0.6) is 0 Å². The normalized spacial score (nSPS) is 9.56. The van der Waals surface area contributed by atoms with Gasteiger partial charge in [-0.25, -0.2) is 9.78 Å². The standard InChI is InChI=1S/C10H11N3O5/c14-8(15)5-13(6-9(16)17)10(18)12-7-3-1-2-4-11-7/h1-4H,5-6H2,(H,14,15)(H,16,17)(H,11,12,18). The van der Waals surface area contributed by atoms with Crippen LogP contribution in [-0.2, 0) is 9.59 Å². The molecular weight excluding hydrogens is 242 g/mol. The fourth-order valence-corrected chi connectivity index (χ4v) is 1.15. The van der Waals surface area contributed by atoms with E-state index in [1.54, 1.807) is 12.1 Å². The molecule has 8 nitrogen and oxygen atoms in total. The van der Waals surface area contributed by atoms with Crippen molar-refractivity contribution in [2.45, 2.75) is 0 Å². The van der Waals surface area contributed by atoms with Gasteiger partial charge < -0.3 is 15.1 Å². The predicted octanol–water partition coefficient (Wildman–Crippen LogP) is 0.0847. The first-order chi connectivity index (χ1) is 8.49. The van der Waals surface area contributed by atoms with E-state index < -0.39 is 31.1 Å². The molecule has 1 aromatic rings. The summed E-state index contributed by atoms with van der Waals surface area (Å²) in [7, 11) is 0. The fourth-order valence-electron chi connectivity index (χ4n) is 1.15. The van der Waals surface area contributed by atoms with Crippen LogP contribution in [0.1, 0.15) is 0 Å². The zero-order chi connectivity index (χ0) is 13.5. The van der Waals surface area contributed by atoms with E-state index in [-0.39, 0.29) is 5.82 Å². The van der Waals surface area contributed by atoms with Crippen molar-refractivity contribution < 1.29 is 24.6 Å². The first-order valence-electron chi connectivity index (χ1n) is 4.89. The lowest BCUT2D eigenvalue weighted by molar-refractivity contribution is -0.140. The number of aliphatic carboxylic acids is 2. The number of hydrogen-bond donors (Lipinski definition) is 3. The third-order valence-corrected chi connectivity index (χ3v) is 1.84. The second kappa shape index (κ2) is 6.18. The van der Waals surface area contributed by atoms with Crippen molar-refractivity contribution >= 4 is 23.8 Å². The van der Waals surface area contributed by atoms with Gasteiger partial charge >= 0.3 is 18.0 Å². The number of nitrogens with zero attached hydrogens (tertiary/aromatic N) is 2. The molecule has 3 N–H and O–H groups in total. The molecular formula is C10H11N3O5. The Labute approximate surface area is 102 Å². The van der Waals surface area contributed by atoms with Crippen LogP contribution in [0.15, 0.2) is 24.4 Å². The first-order valence-corrected chi connectivity index (χ1v) is 4.89. The van der Waals surface area contributed by atoms with E-state index in [4.69, 9.17) is 10.2 Å². The van der Waals surface area contributed by atoms with Crippen LogP contribution in [-0.4, -0.2) is 51.2 Å². The summed E-state index contributed by atoms with van der Waals surface area (Å²) in [5.74, 6) is -2.39. The molecule has 0 spiro atoms.